The van der Waals surface area contributed by atoms with E-state index in [0.717, 1.165) is 32.1 Å². The van der Waals surface area contributed by atoms with Crippen LogP contribution in [0, 0.1) is 5.92 Å². The van der Waals surface area contributed by atoms with Gasteiger partial charge in [-0.2, -0.15) is 0 Å². The fraction of sp³-hybridized carbons (Fsp3) is 0.700. The van der Waals surface area contributed by atoms with Gasteiger partial charge in [0.25, 0.3) is 0 Å². The van der Waals surface area contributed by atoms with Crippen molar-refractivity contribution in [3.8, 4) is 11.5 Å². The third kappa shape index (κ3) is 4.46. The summed E-state index contributed by atoms with van der Waals surface area (Å²) in [5.74, 6) is 1.63. The Kier molecular flexibility index (Phi) is 6.20. The van der Waals surface area contributed by atoms with Gasteiger partial charge in [0, 0.05) is 38.3 Å². The van der Waals surface area contributed by atoms with Crippen molar-refractivity contribution in [3.05, 3.63) is 23.8 Å². The molecule has 2 unspecified atom stereocenters. The zero-order valence-electron chi connectivity index (χ0n) is 15.9. The molecule has 0 aliphatic carbocycles. The fourth-order valence-corrected chi connectivity index (χ4v) is 4.11. The number of ether oxygens (including phenoxy) is 1. The Balaban J connectivity index is 1.83. The average molecular weight is 348 g/mol. The maximum absolute atomic E-state index is 9.97. The number of nitrogens with zero attached hydrogens (tertiary/aromatic N) is 2. The van der Waals surface area contributed by atoms with Crippen LogP contribution in [0.3, 0.4) is 0 Å². The molecule has 2 saturated heterocycles. The smallest absolute Gasteiger partial charge is 0.160 e. The van der Waals surface area contributed by atoms with Crippen LogP contribution in [0.1, 0.15) is 38.3 Å². The van der Waals surface area contributed by atoms with E-state index in [4.69, 9.17) is 4.74 Å². The Morgan fingerprint density at radius 3 is 2.68 bits per heavy atom. The van der Waals surface area contributed by atoms with Gasteiger partial charge in [0.05, 0.1) is 7.11 Å². The summed E-state index contributed by atoms with van der Waals surface area (Å²) in [7, 11) is 1.62. The van der Waals surface area contributed by atoms with E-state index in [1.54, 1.807) is 13.2 Å². The second-order valence-corrected chi connectivity index (χ2v) is 7.72. The van der Waals surface area contributed by atoms with E-state index >= 15 is 0 Å². The van der Waals surface area contributed by atoms with Crippen LogP contribution in [0.4, 0.5) is 0 Å². The van der Waals surface area contributed by atoms with Gasteiger partial charge in [0.15, 0.2) is 11.5 Å². The van der Waals surface area contributed by atoms with Crippen LogP contribution in [0.5, 0.6) is 11.5 Å². The number of hydrogen-bond acceptors (Lipinski definition) is 5. The molecule has 0 aromatic heterocycles. The number of phenolic OH excluding ortho intramolecular Hbond substituents is 1. The molecule has 5 nitrogen and oxygen atoms in total. The third-order valence-electron chi connectivity index (χ3n) is 5.85. The van der Waals surface area contributed by atoms with Crippen molar-refractivity contribution in [1.82, 2.24) is 15.1 Å². The first-order chi connectivity index (χ1) is 12.1. The molecule has 0 amide bonds. The Hall–Kier alpha value is -1.30. The number of piperidine rings is 1. The van der Waals surface area contributed by atoms with E-state index in [0.29, 0.717) is 17.8 Å². The first-order valence-corrected chi connectivity index (χ1v) is 9.64. The number of likely N-dealkylation sites (tertiary alicyclic amines) is 1. The number of methoxy groups -OCH3 is 1. The van der Waals surface area contributed by atoms with Crippen LogP contribution < -0.4 is 10.1 Å². The fourth-order valence-electron chi connectivity index (χ4n) is 4.11. The molecule has 5 heteroatoms. The van der Waals surface area contributed by atoms with Gasteiger partial charge in [0.1, 0.15) is 0 Å². The molecule has 2 aliphatic heterocycles. The maximum Gasteiger partial charge on any atom is 0.160 e. The highest BCUT2D eigenvalue weighted by Crippen LogP contribution is 2.33. The second-order valence-electron chi connectivity index (χ2n) is 7.72. The summed E-state index contributed by atoms with van der Waals surface area (Å²) in [4.78, 5) is 5.22. The highest BCUT2D eigenvalue weighted by molar-refractivity contribution is 5.43. The van der Waals surface area contributed by atoms with E-state index in [1.807, 2.05) is 6.07 Å². The summed E-state index contributed by atoms with van der Waals surface area (Å²) < 4.78 is 5.36. The van der Waals surface area contributed by atoms with Gasteiger partial charge in [-0.15, -0.1) is 0 Å². The normalized spacial score (nSPS) is 25.0. The number of rotatable bonds is 5. The van der Waals surface area contributed by atoms with Crippen molar-refractivity contribution in [2.45, 2.75) is 38.8 Å². The zero-order chi connectivity index (χ0) is 17.8. The van der Waals surface area contributed by atoms with Crippen molar-refractivity contribution >= 4 is 0 Å². The zero-order valence-corrected chi connectivity index (χ0v) is 15.9. The lowest BCUT2D eigenvalue weighted by Crippen LogP contribution is -2.53. The lowest BCUT2D eigenvalue weighted by molar-refractivity contribution is 0.0724. The average Bonchev–Trinajstić information content (AvgIpc) is 2.63. The molecule has 1 aromatic carbocycles. The van der Waals surface area contributed by atoms with E-state index < -0.39 is 0 Å². The van der Waals surface area contributed by atoms with Crippen molar-refractivity contribution in [2.24, 2.45) is 5.92 Å². The summed E-state index contributed by atoms with van der Waals surface area (Å²) in [6.07, 6.45) is 2.59. The molecule has 140 valence electrons. The van der Waals surface area contributed by atoms with Crippen LogP contribution in [0.2, 0.25) is 0 Å². The molecule has 0 bridgehead atoms. The molecule has 25 heavy (non-hydrogen) atoms. The highest BCUT2D eigenvalue weighted by Gasteiger charge is 2.30. The van der Waals surface area contributed by atoms with Crippen LogP contribution in [-0.4, -0.2) is 67.3 Å². The molecule has 1 aromatic rings. The summed E-state index contributed by atoms with van der Waals surface area (Å²) in [6, 6.07) is 6.68. The molecule has 0 saturated carbocycles. The minimum atomic E-state index is 0.213. The lowest BCUT2D eigenvalue weighted by Gasteiger charge is -2.43. The van der Waals surface area contributed by atoms with Crippen molar-refractivity contribution in [1.29, 1.82) is 0 Å². The molecule has 3 rings (SSSR count). The van der Waals surface area contributed by atoms with Crippen molar-refractivity contribution in [2.75, 3.05) is 46.4 Å². The predicted molar refractivity (Wildman–Crippen MR) is 101 cm³/mol. The lowest BCUT2D eigenvalue weighted by atomic mass is 9.96. The van der Waals surface area contributed by atoms with Gasteiger partial charge in [-0.3, -0.25) is 4.90 Å². The van der Waals surface area contributed by atoms with E-state index in [9.17, 15) is 5.11 Å². The second kappa shape index (κ2) is 8.39. The van der Waals surface area contributed by atoms with Gasteiger partial charge < -0.3 is 20.1 Å². The Morgan fingerprint density at radius 2 is 2.00 bits per heavy atom. The van der Waals surface area contributed by atoms with Gasteiger partial charge in [0.2, 0.25) is 0 Å². The summed E-state index contributed by atoms with van der Waals surface area (Å²) in [6.45, 7) is 11.2. The number of nitrogens with one attached hydrogen (secondary N) is 1. The quantitative estimate of drug-likeness (QED) is 0.857. The topological polar surface area (TPSA) is 48.0 Å². The number of benzene rings is 1. The van der Waals surface area contributed by atoms with Crippen LogP contribution in [-0.2, 0) is 0 Å². The van der Waals surface area contributed by atoms with Crippen LogP contribution in [0.25, 0.3) is 0 Å². The first kappa shape index (κ1) is 18.5. The Morgan fingerprint density at radius 1 is 1.24 bits per heavy atom. The first-order valence-electron chi connectivity index (χ1n) is 9.64. The van der Waals surface area contributed by atoms with Crippen LogP contribution >= 0.6 is 0 Å². The minimum Gasteiger partial charge on any atom is -0.504 e. The number of hydrogen-bond donors (Lipinski definition) is 2. The molecule has 0 radical (unpaired) electrons. The molecule has 0 spiro atoms. The van der Waals surface area contributed by atoms with Gasteiger partial charge in [-0.25, -0.2) is 0 Å². The van der Waals surface area contributed by atoms with Crippen LogP contribution in [0.15, 0.2) is 18.2 Å². The minimum absolute atomic E-state index is 0.213. The molecule has 2 N–H and O–H groups in total. The highest BCUT2D eigenvalue weighted by atomic mass is 16.5. The maximum atomic E-state index is 9.97. The predicted octanol–water partition coefficient (Wildman–Crippen LogP) is 2.47. The van der Waals surface area contributed by atoms with E-state index in [1.165, 1.54) is 31.5 Å². The Labute approximate surface area is 152 Å². The largest absolute Gasteiger partial charge is 0.504 e. The van der Waals surface area contributed by atoms with Gasteiger partial charge in [-0.05, 0) is 56.5 Å². The summed E-state index contributed by atoms with van der Waals surface area (Å²) >= 11 is 0. The standard InChI is InChI=1S/C20H33N3O2/c1-15-6-9-22(10-7-15)14-18(23-11-8-21-13-16(23)2)17-4-5-19(24)20(12-17)25-3/h4-5,12,15-16,18,21,24H,6-11,13-14H2,1-3H3. The number of piperazine rings is 1. The number of aromatic hydroxyl groups is 1. The number of phenols is 1. The molecule has 2 heterocycles. The monoisotopic (exact) mass is 347 g/mol. The Bertz CT molecular complexity index is 558. The molecular formula is C20H33N3O2. The molecular weight excluding hydrogens is 314 g/mol. The molecule has 2 aliphatic rings. The summed E-state index contributed by atoms with van der Waals surface area (Å²) in [5.41, 5.74) is 1.24. The van der Waals surface area contributed by atoms with E-state index in [2.05, 4.69) is 35.0 Å². The van der Waals surface area contributed by atoms with Crippen molar-refractivity contribution < 1.29 is 9.84 Å². The molecule has 2 fully saturated rings. The SMILES string of the molecule is COc1cc(C(CN2CCC(C)CC2)N2CCNCC2C)ccc1O. The van der Waals surface area contributed by atoms with Gasteiger partial charge in [-0.1, -0.05) is 13.0 Å². The third-order valence-corrected chi connectivity index (χ3v) is 5.85. The van der Waals surface area contributed by atoms with E-state index in [-0.39, 0.29) is 5.75 Å². The molecule has 2 atom stereocenters. The summed E-state index contributed by atoms with van der Waals surface area (Å²) in [5, 5.41) is 13.5. The van der Waals surface area contributed by atoms with Crippen molar-refractivity contribution in [3.63, 3.8) is 0 Å². The van der Waals surface area contributed by atoms with Gasteiger partial charge >= 0.3 is 0 Å².